The molecule has 0 saturated carbocycles. The molecule has 0 aliphatic carbocycles. The highest BCUT2D eigenvalue weighted by Gasteiger charge is 2.30. The minimum atomic E-state index is -0.700. The molecule has 0 atom stereocenters. The van der Waals surface area contributed by atoms with Gasteiger partial charge in [-0.3, -0.25) is 0 Å². The molecule has 0 aliphatic rings. The van der Waals surface area contributed by atoms with E-state index in [1.54, 1.807) is 0 Å². The third-order valence-electron chi connectivity index (χ3n) is 3.83. The van der Waals surface area contributed by atoms with Crippen molar-refractivity contribution in [2.24, 2.45) is 0 Å². The van der Waals surface area contributed by atoms with Gasteiger partial charge in [0.05, 0.1) is 0 Å². The lowest BCUT2D eigenvalue weighted by atomic mass is 9.78. The maximum atomic E-state index is 12.4. The van der Waals surface area contributed by atoms with Crippen LogP contribution in [0.5, 0.6) is 5.75 Å². The summed E-state index contributed by atoms with van der Waals surface area (Å²) in [5, 5.41) is 2.42. The predicted molar refractivity (Wildman–Crippen MR) is 96.8 cm³/mol. The molecule has 0 heterocycles. The molecule has 24 heavy (non-hydrogen) atoms. The van der Waals surface area contributed by atoms with Gasteiger partial charge in [-0.15, -0.1) is 0 Å². The van der Waals surface area contributed by atoms with Crippen molar-refractivity contribution in [1.82, 2.24) is 10.2 Å². The highest BCUT2D eigenvalue weighted by molar-refractivity contribution is 5.91. The number of aryl methyl sites for hydroxylation is 1. The van der Waals surface area contributed by atoms with Gasteiger partial charge in [-0.2, -0.15) is 0 Å². The first-order chi connectivity index (χ1) is 10.8. The van der Waals surface area contributed by atoms with Gasteiger partial charge in [0.1, 0.15) is 5.75 Å². The molecule has 0 bridgehead atoms. The normalized spacial score (nSPS) is 11.9. The summed E-state index contributed by atoms with van der Waals surface area (Å²) in [5.74, 6) is 0.543. The standard InChI is InChI=1S/C19H30N2O3/c1-12-10-13(18(2,3)4)15(14(11-12)19(5,6)7)24-17(23)21(9)16(22)20-8/h10-11H,1-9H3,(H,20,22). The summed E-state index contributed by atoms with van der Waals surface area (Å²) in [5.41, 5.74) is 2.61. The van der Waals surface area contributed by atoms with Gasteiger partial charge in [0.25, 0.3) is 0 Å². The number of rotatable bonds is 1. The maximum Gasteiger partial charge on any atom is 0.423 e. The van der Waals surface area contributed by atoms with Crippen molar-refractivity contribution in [3.63, 3.8) is 0 Å². The van der Waals surface area contributed by atoms with Crippen LogP contribution in [0.2, 0.25) is 0 Å². The van der Waals surface area contributed by atoms with E-state index >= 15 is 0 Å². The van der Waals surface area contributed by atoms with Gasteiger partial charge in [0.15, 0.2) is 0 Å². The molecular weight excluding hydrogens is 304 g/mol. The molecule has 0 spiro atoms. The summed E-state index contributed by atoms with van der Waals surface area (Å²) in [6.07, 6.45) is -0.700. The van der Waals surface area contributed by atoms with Crippen LogP contribution in [0.1, 0.15) is 58.2 Å². The van der Waals surface area contributed by atoms with Crippen LogP contribution < -0.4 is 10.1 Å². The molecule has 3 amide bonds. The van der Waals surface area contributed by atoms with E-state index in [0.29, 0.717) is 5.75 Å². The van der Waals surface area contributed by atoms with E-state index in [9.17, 15) is 9.59 Å². The topological polar surface area (TPSA) is 58.6 Å². The number of hydrogen-bond donors (Lipinski definition) is 1. The van der Waals surface area contributed by atoms with E-state index in [0.717, 1.165) is 21.6 Å². The monoisotopic (exact) mass is 334 g/mol. The molecule has 5 nitrogen and oxygen atoms in total. The van der Waals surface area contributed by atoms with Crippen molar-refractivity contribution in [2.75, 3.05) is 14.1 Å². The second-order valence-electron chi connectivity index (χ2n) is 8.17. The Kier molecular flexibility index (Phi) is 5.70. The zero-order valence-electron chi connectivity index (χ0n) is 16.3. The molecule has 134 valence electrons. The first-order valence-corrected chi connectivity index (χ1v) is 8.12. The first-order valence-electron chi connectivity index (χ1n) is 8.12. The number of nitrogens with one attached hydrogen (secondary N) is 1. The highest BCUT2D eigenvalue weighted by atomic mass is 16.6. The molecule has 1 N–H and O–H groups in total. The minimum absolute atomic E-state index is 0.201. The fourth-order valence-electron chi connectivity index (χ4n) is 2.40. The number of urea groups is 1. The van der Waals surface area contributed by atoms with Crippen LogP contribution in [0.15, 0.2) is 12.1 Å². The number of benzene rings is 1. The molecule has 5 heteroatoms. The van der Waals surface area contributed by atoms with Crippen LogP contribution in [0, 0.1) is 6.92 Å². The van der Waals surface area contributed by atoms with Gasteiger partial charge in [-0.05, 0) is 17.8 Å². The van der Waals surface area contributed by atoms with E-state index < -0.39 is 12.1 Å². The summed E-state index contributed by atoms with van der Waals surface area (Å²) in [6, 6.07) is 3.57. The molecule has 1 aromatic carbocycles. The third kappa shape index (κ3) is 4.49. The van der Waals surface area contributed by atoms with Gasteiger partial charge in [0, 0.05) is 25.2 Å². The number of amides is 3. The van der Waals surface area contributed by atoms with Crippen LogP contribution in [0.3, 0.4) is 0 Å². The lowest BCUT2D eigenvalue weighted by Gasteiger charge is -2.30. The van der Waals surface area contributed by atoms with E-state index in [2.05, 4.69) is 46.9 Å². The molecule has 1 rings (SSSR count). The van der Waals surface area contributed by atoms with Crippen molar-refractivity contribution in [2.45, 2.75) is 59.3 Å². The van der Waals surface area contributed by atoms with Crippen molar-refractivity contribution >= 4 is 12.1 Å². The maximum absolute atomic E-state index is 12.4. The summed E-state index contributed by atoms with van der Waals surface area (Å²) in [6.45, 7) is 14.5. The molecule has 0 aliphatic heterocycles. The molecule has 0 aromatic heterocycles. The summed E-state index contributed by atoms with van der Waals surface area (Å²) in [4.78, 5) is 25.0. The Hall–Kier alpha value is -2.04. The van der Waals surface area contributed by atoms with Gasteiger partial charge >= 0.3 is 12.1 Å². The Bertz CT molecular complexity index is 602. The van der Waals surface area contributed by atoms with Gasteiger partial charge < -0.3 is 10.1 Å². The fraction of sp³-hybridized carbons (Fsp3) is 0.579. The zero-order valence-corrected chi connectivity index (χ0v) is 16.3. The highest BCUT2D eigenvalue weighted by Crippen LogP contribution is 2.40. The smallest absolute Gasteiger partial charge is 0.409 e. The summed E-state index contributed by atoms with van der Waals surface area (Å²) in [7, 11) is 2.86. The lowest BCUT2D eigenvalue weighted by Crippen LogP contribution is -2.41. The average Bonchev–Trinajstić information content (AvgIpc) is 2.44. The van der Waals surface area contributed by atoms with Crippen LogP contribution in [0.4, 0.5) is 9.59 Å². The second-order valence-corrected chi connectivity index (χ2v) is 8.17. The predicted octanol–water partition coefficient (Wildman–Crippen LogP) is 4.36. The minimum Gasteiger partial charge on any atom is -0.409 e. The zero-order chi connectivity index (χ0) is 18.9. The Morgan fingerprint density at radius 1 is 1.00 bits per heavy atom. The number of carbonyl (C=O) groups excluding carboxylic acids is 2. The number of ether oxygens (including phenoxy) is 1. The fourth-order valence-corrected chi connectivity index (χ4v) is 2.40. The quantitative estimate of drug-likeness (QED) is 0.830. The van der Waals surface area contributed by atoms with E-state index in [4.69, 9.17) is 4.74 Å². The van der Waals surface area contributed by atoms with Crippen molar-refractivity contribution in [3.8, 4) is 5.75 Å². The van der Waals surface area contributed by atoms with Gasteiger partial charge in [-0.1, -0.05) is 59.2 Å². The SMILES string of the molecule is CNC(=O)N(C)C(=O)Oc1c(C(C)(C)C)cc(C)cc1C(C)(C)C. The Balaban J connectivity index is 3.49. The average molecular weight is 334 g/mol. The molecular formula is C19H30N2O3. The van der Waals surface area contributed by atoms with Crippen LogP contribution in [-0.4, -0.2) is 31.1 Å². The largest absolute Gasteiger partial charge is 0.423 e. The molecule has 0 unspecified atom stereocenters. The molecule has 0 saturated heterocycles. The van der Waals surface area contributed by atoms with Crippen LogP contribution in [-0.2, 0) is 10.8 Å². The molecule has 0 radical (unpaired) electrons. The van der Waals surface area contributed by atoms with Gasteiger partial charge in [-0.25, -0.2) is 14.5 Å². The van der Waals surface area contributed by atoms with Crippen molar-refractivity contribution in [1.29, 1.82) is 0 Å². The van der Waals surface area contributed by atoms with E-state index in [1.165, 1.54) is 14.1 Å². The number of carbonyl (C=O) groups is 2. The summed E-state index contributed by atoms with van der Waals surface area (Å²) < 4.78 is 5.70. The van der Waals surface area contributed by atoms with E-state index in [1.807, 2.05) is 19.1 Å². The first kappa shape index (κ1) is 20.0. The Morgan fingerprint density at radius 3 is 1.75 bits per heavy atom. The molecule has 1 aromatic rings. The van der Waals surface area contributed by atoms with Gasteiger partial charge in [0.2, 0.25) is 0 Å². The molecule has 0 fully saturated rings. The second kappa shape index (κ2) is 6.83. The van der Waals surface area contributed by atoms with Crippen LogP contribution in [0.25, 0.3) is 0 Å². The number of imide groups is 1. The Labute approximate surface area is 145 Å². The van der Waals surface area contributed by atoms with Crippen molar-refractivity contribution in [3.05, 3.63) is 28.8 Å². The number of hydrogen-bond acceptors (Lipinski definition) is 3. The Morgan fingerprint density at radius 2 is 1.42 bits per heavy atom. The third-order valence-corrected chi connectivity index (χ3v) is 3.83. The van der Waals surface area contributed by atoms with Crippen molar-refractivity contribution < 1.29 is 14.3 Å². The van der Waals surface area contributed by atoms with Crippen LogP contribution >= 0.6 is 0 Å². The van der Waals surface area contributed by atoms with E-state index in [-0.39, 0.29) is 10.8 Å². The summed E-state index contributed by atoms with van der Waals surface area (Å²) >= 11 is 0. The lowest BCUT2D eigenvalue weighted by molar-refractivity contribution is 0.161. The number of nitrogens with zero attached hydrogens (tertiary/aromatic N) is 1.